The number of fused-ring (bicyclic) bond motifs is 7. The van der Waals surface area contributed by atoms with Crippen molar-refractivity contribution in [3.05, 3.63) is 41.9 Å². The lowest BCUT2D eigenvalue weighted by Gasteiger charge is -2.73. The van der Waals surface area contributed by atoms with E-state index in [1.165, 1.54) is 50.4 Å². The van der Waals surface area contributed by atoms with Crippen molar-refractivity contribution >= 4 is 17.8 Å². The Hall–Kier alpha value is -2.15. The molecule has 1 aromatic heterocycles. The average molecular weight is 528 g/mol. The van der Waals surface area contributed by atoms with Gasteiger partial charge in [-0.25, -0.2) is 0 Å². The van der Waals surface area contributed by atoms with Crippen LogP contribution in [0.15, 0.2) is 30.5 Å². The van der Waals surface area contributed by atoms with Gasteiger partial charge in [0.1, 0.15) is 12.5 Å². The van der Waals surface area contributed by atoms with Crippen molar-refractivity contribution in [2.45, 2.75) is 105 Å². The molecule has 4 saturated carbocycles. The number of rotatable bonds is 3. The maximum absolute atomic E-state index is 12.7. The van der Waals surface area contributed by atoms with Crippen LogP contribution in [0, 0.1) is 57.8 Å². The molecule has 0 amide bonds. The molecule has 210 valence electrons. The molecule has 2 heterocycles. The first kappa shape index (κ1) is 27.0. The Morgan fingerprint density at radius 1 is 1.00 bits per heavy atom. The van der Waals surface area contributed by atoms with E-state index in [1.54, 1.807) is 0 Å². The molecule has 5 aliphatic rings. The van der Waals surface area contributed by atoms with E-state index in [4.69, 9.17) is 6.57 Å². The highest BCUT2D eigenvalue weighted by Crippen LogP contribution is 2.76. The second-order valence-electron chi connectivity index (χ2n) is 15.6. The minimum Gasteiger partial charge on any atom is -0.363 e. The summed E-state index contributed by atoms with van der Waals surface area (Å²) in [7, 11) is 0. The van der Waals surface area contributed by atoms with E-state index >= 15 is 0 Å². The quantitative estimate of drug-likeness (QED) is 0.224. The Bertz CT molecular complexity index is 1210. The molecule has 0 aromatic carbocycles. The molecule has 4 heteroatoms. The van der Waals surface area contributed by atoms with Crippen molar-refractivity contribution in [3.8, 4) is 0 Å². The van der Waals surface area contributed by atoms with E-state index in [-0.39, 0.29) is 16.4 Å². The predicted molar refractivity (Wildman–Crippen MR) is 159 cm³/mol. The summed E-state index contributed by atoms with van der Waals surface area (Å²) in [5, 5.41) is 0. The van der Waals surface area contributed by atoms with E-state index in [2.05, 4.69) is 68.9 Å². The van der Waals surface area contributed by atoms with Crippen LogP contribution >= 0.6 is 0 Å². The fraction of sp³-hybridized carbons (Fsp3) is 0.743. The number of pyridine rings is 1. The zero-order valence-corrected chi connectivity index (χ0v) is 25.2. The van der Waals surface area contributed by atoms with Crippen LogP contribution in [-0.2, 0) is 4.79 Å². The van der Waals surface area contributed by atoms with E-state index in [9.17, 15) is 4.79 Å². The smallest absolute Gasteiger partial charge is 0.269 e. The lowest BCUT2D eigenvalue weighted by atomic mass is 9.33. The SMILES string of the molecule is [C-]#[N+]c1ccc(N2CC[C@]3(C)[C@H]4CC[C@@H]5[C@H]6[C@H](C(=C)C)CC[C@]6(C=O)CC[C@@]5(C)[C@]4(C)CC[C@H]3C2(C)C)cn1. The molecule has 0 bridgehead atoms. The van der Waals surface area contributed by atoms with E-state index in [0.29, 0.717) is 46.2 Å². The third-order valence-corrected chi connectivity index (χ3v) is 14.2. The number of nitrogens with zero attached hydrogens (tertiary/aromatic N) is 3. The number of aromatic nitrogens is 1. The molecule has 0 spiro atoms. The molecular weight excluding hydrogens is 478 g/mol. The third kappa shape index (κ3) is 3.40. The van der Waals surface area contributed by atoms with Gasteiger partial charge in [-0.3, -0.25) is 0 Å². The lowest BCUT2D eigenvalue weighted by molar-refractivity contribution is -0.225. The van der Waals surface area contributed by atoms with Crippen LogP contribution in [0.1, 0.15) is 99.3 Å². The monoisotopic (exact) mass is 527 g/mol. The summed E-state index contributed by atoms with van der Waals surface area (Å²) in [5.74, 6) is 3.42. The number of aldehydes is 1. The van der Waals surface area contributed by atoms with Gasteiger partial charge in [0.25, 0.3) is 5.82 Å². The first-order valence-electron chi connectivity index (χ1n) is 15.6. The Kier molecular flexibility index (Phi) is 6.01. The maximum atomic E-state index is 12.7. The molecule has 4 nitrogen and oxygen atoms in total. The normalized spacial score (nSPS) is 46.2. The van der Waals surface area contributed by atoms with Crippen LogP contribution in [-0.4, -0.2) is 23.4 Å². The molecule has 0 unspecified atom stereocenters. The van der Waals surface area contributed by atoms with Gasteiger partial charge in [-0.05, 0) is 137 Å². The molecule has 0 radical (unpaired) electrons. The third-order valence-electron chi connectivity index (χ3n) is 14.2. The number of piperidine rings is 1. The van der Waals surface area contributed by atoms with Gasteiger partial charge < -0.3 is 14.5 Å². The van der Waals surface area contributed by atoms with Crippen LogP contribution in [0.3, 0.4) is 0 Å². The first-order valence-corrected chi connectivity index (χ1v) is 15.6. The number of carbonyl (C=O) groups excluding carboxylic acids is 1. The number of hydrogen-bond acceptors (Lipinski definition) is 3. The summed E-state index contributed by atoms with van der Waals surface area (Å²) in [6, 6.07) is 3.97. The number of hydrogen-bond donors (Lipinski definition) is 0. The van der Waals surface area contributed by atoms with Crippen LogP contribution < -0.4 is 4.90 Å². The number of carbonyl (C=O) groups is 1. The van der Waals surface area contributed by atoms with E-state index in [0.717, 1.165) is 31.5 Å². The summed E-state index contributed by atoms with van der Waals surface area (Å²) >= 11 is 0. The van der Waals surface area contributed by atoms with Gasteiger partial charge in [-0.1, -0.05) is 39.5 Å². The van der Waals surface area contributed by atoms with E-state index < -0.39 is 0 Å². The molecule has 9 atom stereocenters. The van der Waals surface area contributed by atoms with Crippen LogP contribution in [0.25, 0.3) is 4.85 Å². The highest BCUT2D eigenvalue weighted by molar-refractivity contribution is 5.62. The molecular formula is C35H49N3O. The largest absolute Gasteiger partial charge is 0.363 e. The molecule has 5 fully saturated rings. The highest BCUT2D eigenvalue weighted by atomic mass is 16.1. The Labute approximate surface area is 236 Å². The fourth-order valence-corrected chi connectivity index (χ4v) is 12.2. The summed E-state index contributed by atoms with van der Waals surface area (Å²) in [5.41, 5.74) is 3.26. The van der Waals surface area contributed by atoms with Crippen LogP contribution in [0.4, 0.5) is 11.5 Å². The van der Waals surface area contributed by atoms with Gasteiger partial charge in [-0.2, -0.15) is 0 Å². The second kappa shape index (κ2) is 8.67. The standard InChI is InChI=1S/C35H49N3O/c1-23(2)25-13-16-35(22-39)18-17-33(6)26(30(25)35)10-11-28-32(5)19-20-38(24-9-12-29(36-8)37-21-24)31(3,4)27(32)14-15-34(28,33)7/h9,12,21-22,25-28,30H,1,10-11,13-20H2,2-7H3/t25-,26+,27-,28+,30+,32-,33+,34+,35+/m0/s1. The molecule has 1 saturated heterocycles. The zero-order valence-electron chi connectivity index (χ0n) is 25.2. The average Bonchev–Trinajstić information content (AvgIpc) is 3.29. The summed E-state index contributed by atoms with van der Waals surface area (Å²) in [6.45, 7) is 27.9. The van der Waals surface area contributed by atoms with Crippen molar-refractivity contribution in [1.29, 1.82) is 0 Å². The molecule has 1 aliphatic heterocycles. The molecule has 4 aliphatic carbocycles. The summed E-state index contributed by atoms with van der Waals surface area (Å²) in [4.78, 5) is 23.2. The fourth-order valence-electron chi connectivity index (χ4n) is 12.2. The minimum absolute atomic E-state index is 0.0309. The Balaban J connectivity index is 1.34. The van der Waals surface area contributed by atoms with Crippen molar-refractivity contribution in [3.63, 3.8) is 0 Å². The van der Waals surface area contributed by atoms with Gasteiger partial charge in [0.15, 0.2) is 0 Å². The zero-order chi connectivity index (χ0) is 28.0. The second-order valence-corrected chi connectivity index (χ2v) is 15.6. The van der Waals surface area contributed by atoms with Gasteiger partial charge in [0, 0.05) is 17.5 Å². The van der Waals surface area contributed by atoms with Crippen LogP contribution in [0.5, 0.6) is 0 Å². The Morgan fingerprint density at radius 3 is 2.41 bits per heavy atom. The predicted octanol–water partition coefficient (Wildman–Crippen LogP) is 8.66. The van der Waals surface area contributed by atoms with Gasteiger partial charge >= 0.3 is 0 Å². The number of allylic oxidation sites excluding steroid dienone is 1. The maximum Gasteiger partial charge on any atom is 0.269 e. The molecule has 6 rings (SSSR count). The molecule has 39 heavy (non-hydrogen) atoms. The van der Waals surface area contributed by atoms with Crippen molar-refractivity contribution in [2.75, 3.05) is 11.4 Å². The van der Waals surface area contributed by atoms with Crippen molar-refractivity contribution in [1.82, 2.24) is 4.98 Å². The Morgan fingerprint density at radius 2 is 1.77 bits per heavy atom. The highest BCUT2D eigenvalue weighted by Gasteiger charge is 2.70. The van der Waals surface area contributed by atoms with Crippen molar-refractivity contribution in [2.24, 2.45) is 51.2 Å². The van der Waals surface area contributed by atoms with E-state index in [1.807, 2.05) is 12.3 Å². The topological polar surface area (TPSA) is 37.6 Å². The molecule has 1 aromatic rings. The number of anilines is 1. The van der Waals surface area contributed by atoms with Crippen LogP contribution in [0.2, 0.25) is 0 Å². The minimum atomic E-state index is -0.109. The van der Waals surface area contributed by atoms with Gasteiger partial charge in [0.05, 0.1) is 5.69 Å². The summed E-state index contributed by atoms with van der Waals surface area (Å²) in [6.07, 6.45) is 14.1. The lowest BCUT2D eigenvalue weighted by Crippen LogP contribution is -2.69. The van der Waals surface area contributed by atoms with Crippen molar-refractivity contribution < 1.29 is 4.79 Å². The molecule has 0 N–H and O–H groups in total. The van der Waals surface area contributed by atoms with Gasteiger partial charge in [-0.15, -0.1) is 4.98 Å². The summed E-state index contributed by atoms with van der Waals surface area (Å²) < 4.78 is 0. The first-order chi connectivity index (χ1) is 18.4. The van der Waals surface area contributed by atoms with Gasteiger partial charge in [0.2, 0.25) is 0 Å².